The first-order chi connectivity index (χ1) is 13.3. The first-order valence-corrected chi connectivity index (χ1v) is 8.82. The van der Waals surface area contributed by atoms with Gasteiger partial charge < -0.3 is 9.47 Å². The van der Waals surface area contributed by atoms with Gasteiger partial charge in [0.1, 0.15) is 6.61 Å². The van der Waals surface area contributed by atoms with E-state index in [1.807, 2.05) is 55.5 Å². The van der Waals surface area contributed by atoms with Crippen molar-refractivity contribution in [3.05, 3.63) is 95.8 Å². The molecule has 0 fully saturated rings. The lowest BCUT2D eigenvalue weighted by atomic mass is 10.1. The van der Waals surface area contributed by atoms with Crippen LogP contribution in [0.1, 0.15) is 28.4 Å². The summed E-state index contributed by atoms with van der Waals surface area (Å²) in [6.07, 6.45) is 6.49. The van der Waals surface area contributed by atoms with E-state index in [9.17, 15) is 4.79 Å². The Kier molecular flexibility index (Phi) is 6.36. The number of aromatic nitrogens is 1. The van der Waals surface area contributed by atoms with Crippen LogP contribution in [0.15, 0.2) is 79.1 Å². The Morgan fingerprint density at radius 1 is 1.00 bits per heavy atom. The van der Waals surface area contributed by atoms with Crippen molar-refractivity contribution in [1.82, 2.24) is 4.98 Å². The van der Waals surface area contributed by atoms with E-state index in [-0.39, 0.29) is 5.78 Å². The summed E-state index contributed by atoms with van der Waals surface area (Å²) in [7, 11) is 0. The van der Waals surface area contributed by atoms with Crippen LogP contribution in [-0.4, -0.2) is 17.4 Å². The molecule has 3 aromatic rings. The van der Waals surface area contributed by atoms with Crippen LogP contribution in [0, 0.1) is 0 Å². The highest BCUT2D eigenvalue weighted by atomic mass is 16.5. The van der Waals surface area contributed by atoms with Gasteiger partial charge in [0, 0.05) is 18.0 Å². The Bertz CT molecular complexity index is 905. The summed E-state index contributed by atoms with van der Waals surface area (Å²) in [6, 6.07) is 19.1. The molecule has 0 spiro atoms. The molecule has 4 nitrogen and oxygen atoms in total. The van der Waals surface area contributed by atoms with E-state index in [0.717, 1.165) is 11.1 Å². The minimum Gasteiger partial charge on any atom is -0.490 e. The summed E-state index contributed by atoms with van der Waals surface area (Å²) in [5.41, 5.74) is 2.51. The van der Waals surface area contributed by atoms with Gasteiger partial charge in [0.05, 0.1) is 6.61 Å². The molecular formula is C23H21NO3. The Labute approximate surface area is 159 Å². The number of hydrogen-bond donors (Lipinski definition) is 0. The Morgan fingerprint density at radius 2 is 1.85 bits per heavy atom. The molecule has 1 heterocycles. The third-order valence-electron chi connectivity index (χ3n) is 3.88. The number of pyridine rings is 1. The second-order valence-electron chi connectivity index (χ2n) is 5.85. The van der Waals surface area contributed by atoms with Gasteiger partial charge in [-0.15, -0.1) is 0 Å². The molecule has 0 radical (unpaired) electrons. The van der Waals surface area contributed by atoms with Crippen molar-refractivity contribution in [2.45, 2.75) is 13.5 Å². The van der Waals surface area contributed by atoms with Gasteiger partial charge in [-0.05, 0) is 48.4 Å². The van der Waals surface area contributed by atoms with Crippen LogP contribution in [0.25, 0.3) is 6.08 Å². The normalized spacial score (nSPS) is 10.7. The van der Waals surface area contributed by atoms with Crippen molar-refractivity contribution >= 4 is 11.9 Å². The lowest BCUT2D eigenvalue weighted by Crippen LogP contribution is -2.00. The van der Waals surface area contributed by atoms with E-state index < -0.39 is 0 Å². The molecule has 0 atom stereocenters. The molecule has 0 amide bonds. The zero-order valence-corrected chi connectivity index (χ0v) is 15.2. The fraction of sp³-hybridized carbons (Fsp3) is 0.130. The smallest absolute Gasteiger partial charge is 0.187 e. The second kappa shape index (κ2) is 9.34. The first-order valence-electron chi connectivity index (χ1n) is 8.82. The number of ether oxygens (including phenoxy) is 2. The highest BCUT2D eigenvalue weighted by Crippen LogP contribution is 2.29. The Balaban J connectivity index is 1.72. The molecule has 0 saturated heterocycles. The minimum absolute atomic E-state index is 0.0922. The van der Waals surface area contributed by atoms with Crippen LogP contribution >= 0.6 is 0 Å². The summed E-state index contributed by atoms with van der Waals surface area (Å²) in [5, 5.41) is 0. The summed E-state index contributed by atoms with van der Waals surface area (Å²) < 4.78 is 11.6. The molecule has 0 aliphatic rings. The highest BCUT2D eigenvalue weighted by molar-refractivity contribution is 6.06. The molecule has 0 saturated carbocycles. The van der Waals surface area contributed by atoms with Gasteiger partial charge in [0.25, 0.3) is 0 Å². The summed E-state index contributed by atoms with van der Waals surface area (Å²) in [5.74, 6) is 1.24. The standard InChI is InChI=1S/C23H21NO3/c1-2-26-23-15-18(10-12-21(25)20-9-6-14-24-16-20)11-13-22(23)27-17-19-7-4-3-5-8-19/h3-16H,2,17H2,1H3/b12-10+. The number of hydrogen-bond acceptors (Lipinski definition) is 4. The average molecular weight is 359 g/mol. The maximum absolute atomic E-state index is 12.2. The monoisotopic (exact) mass is 359 g/mol. The number of benzene rings is 2. The number of carbonyl (C=O) groups excluding carboxylic acids is 1. The summed E-state index contributed by atoms with van der Waals surface area (Å²) >= 11 is 0. The summed E-state index contributed by atoms with van der Waals surface area (Å²) in [6.45, 7) is 2.93. The molecule has 0 unspecified atom stereocenters. The van der Waals surface area contributed by atoms with E-state index in [2.05, 4.69) is 4.98 Å². The number of ketones is 1. The minimum atomic E-state index is -0.0922. The van der Waals surface area contributed by atoms with Crippen molar-refractivity contribution < 1.29 is 14.3 Å². The molecule has 0 N–H and O–H groups in total. The van der Waals surface area contributed by atoms with Gasteiger partial charge >= 0.3 is 0 Å². The molecular weight excluding hydrogens is 338 g/mol. The molecule has 0 aliphatic heterocycles. The van der Waals surface area contributed by atoms with Crippen LogP contribution in [0.3, 0.4) is 0 Å². The molecule has 0 aliphatic carbocycles. The first kappa shape index (κ1) is 18.4. The third kappa shape index (κ3) is 5.28. The number of carbonyl (C=O) groups is 1. The fourth-order valence-electron chi connectivity index (χ4n) is 2.53. The zero-order valence-electron chi connectivity index (χ0n) is 15.2. The molecule has 27 heavy (non-hydrogen) atoms. The van der Waals surface area contributed by atoms with Gasteiger partial charge in [-0.25, -0.2) is 0 Å². The zero-order chi connectivity index (χ0) is 18.9. The second-order valence-corrected chi connectivity index (χ2v) is 5.85. The van der Waals surface area contributed by atoms with E-state index >= 15 is 0 Å². The van der Waals surface area contributed by atoms with Gasteiger partial charge in [-0.2, -0.15) is 0 Å². The average Bonchev–Trinajstić information content (AvgIpc) is 2.73. The predicted octanol–water partition coefficient (Wildman–Crippen LogP) is 4.96. The number of nitrogens with zero attached hydrogens (tertiary/aromatic N) is 1. The highest BCUT2D eigenvalue weighted by Gasteiger charge is 2.07. The lowest BCUT2D eigenvalue weighted by Gasteiger charge is -2.12. The molecule has 136 valence electrons. The van der Waals surface area contributed by atoms with Gasteiger partial charge in [-0.3, -0.25) is 9.78 Å². The van der Waals surface area contributed by atoms with E-state index in [4.69, 9.17) is 9.47 Å². The van der Waals surface area contributed by atoms with Crippen molar-refractivity contribution in [2.24, 2.45) is 0 Å². The lowest BCUT2D eigenvalue weighted by molar-refractivity contribution is 0.104. The van der Waals surface area contributed by atoms with Crippen molar-refractivity contribution in [1.29, 1.82) is 0 Å². The van der Waals surface area contributed by atoms with E-state index in [1.54, 1.807) is 30.6 Å². The molecule has 2 aromatic carbocycles. The Morgan fingerprint density at radius 3 is 2.59 bits per heavy atom. The van der Waals surface area contributed by atoms with E-state index in [0.29, 0.717) is 30.3 Å². The quantitative estimate of drug-likeness (QED) is 0.421. The molecule has 1 aromatic heterocycles. The van der Waals surface area contributed by atoms with Crippen LogP contribution in [-0.2, 0) is 6.61 Å². The van der Waals surface area contributed by atoms with Crippen LogP contribution in [0.5, 0.6) is 11.5 Å². The van der Waals surface area contributed by atoms with Crippen LogP contribution in [0.4, 0.5) is 0 Å². The van der Waals surface area contributed by atoms with Crippen LogP contribution in [0.2, 0.25) is 0 Å². The maximum Gasteiger partial charge on any atom is 0.187 e. The van der Waals surface area contributed by atoms with E-state index in [1.165, 1.54) is 6.08 Å². The predicted molar refractivity (Wildman–Crippen MR) is 106 cm³/mol. The van der Waals surface area contributed by atoms with Gasteiger partial charge in [-0.1, -0.05) is 42.5 Å². The maximum atomic E-state index is 12.2. The van der Waals surface area contributed by atoms with Crippen LogP contribution < -0.4 is 9.47 Å². The topological polar surface area (TPSA) is 48.4 Å². The van der Waals surface area contributed by atoms with Gasteiger partial charge in [0.15, 0.2) is 17.3 Å². The molecule has 3 rings (SSSR count). The molecule has 0 bridgehead atoms. The number of allylic oxidation sites excluding steroid dienone is 1. The van der Waals surface area contributed by atoms with Crippen molar-refractivity contribution in [3.63, 3.8) is 0 Å². The SMILES string of the molecule is CCOc1cc(/C=C/C(=O)c2cccnc2)ccc1OCc1ccccc1. The number of rotatable bonds is 8. The largest absolute Gasteiger partial charge is 0.490 e. The Hall–Kier alpha value is -3.40. The third-order valence-corrected chi connectivity index (χ3v) is 3.88. The fourth-order valence-corrected chi connectivity index (χ4v) is 2.53. The van der Waals surface area contributed by atoms with Crippen molar-refractivity contribution in [2.75, 3.05) is 6.61 Å². The van der Waals surface area contributed by atoms with Crippen molar-refractivity contribution in [3.8, 4) is 11.5 Å². The summed E-state index contributed by atoms with van der Waals surface area (Å²) in [4.78, 5) is 16.1. The molecule has 4 heteroatoms. The van der Waals surface area contributed by atoms with Gasteiger partial charge in [0.2, 0.25) is 0 Å².